The maximum atomic E-state index is 12.8. The van der Waals surface area contributed by atoms with Crippen LogP contribution in [0.5, 0.6) is 40.2 Å². The highest BCUT2D eigenvalue weighted by atomic mass is 35.5. The van der Waals surface area contributed by atoms with Crippen LogP contribution in [0.2, 0.25) is 5.02 Å². The average Bonchev–Trinajstić information content (AvgIpc) is 1.66. The van der Waals surface area contributed by atoms with Crippen molar-refractivity contribution in [2.24, 2.45) is 0 Å². The molecule has 6 amide bonds. The summed E-state index contributed by atoms with van der Waals surface area (Å²) >= 11 is 15.8. The Morgan fingerprint density at radius 2 is 0.644 bits per heavy atom. The number of halogens is 1. The number of thiophene rings is 6. The molecule has 149 heavy (non-hydrogen) atoms. The smallest absolute Gasteiger partial charge is 0.266 e. The summed E-state index contributed by atoms with van der Waals surface area (Å²) in [5.41, 5.74) is 9.18. The Hall–Kier alpha value is -15.7. The maximum absolute atomic E-state index is 12.8. The molecule has 10 aromatic heterocycles. The lowest BCUT2D eigenvalue weighted by Gasteiger charge is -2.22. The monoisotopic (exact) mass is 2120 g/mol. The second-order valence-electron chi connectivity index (χ2n) is 33.5. The molecule has 23 nitrogen and oxygen atoms in total. The van der Waals surface area contributed by atoms with Crippen LogP contribution in [0.3, 0.4) is 0 Å². The number of para-hydroxylation sites is 3. The van der Waals surface area contributed by atoms with Crippen LogP contribution in [0.15, 0.2) is 403 Å². The molecule has 0 aliphatic heterocycles. The Kier molecular flexibility index (Phi) is 44.3. The highest BCUT2D eigenvalue weighted by Gasteiger charge is 2.26. The Morgan fingerprint density at radius 1 is 0.302 bits per heavy atom. The van der Waals surface area contributed by atoms with Crippen molar-refractivity contribution >= 4 is 149 Å². The molecule has 0 saturated heterocycles. The van der Waals surface area contributed by atoms with E-state index in [-0.39, 0.29) is 75.1 Å². The number of carbonyl (C=O) groups is 6. The van der Waals surface area contributed by atoms with Crippen molar-refractivity contribution in [3.63, 3.8) is 0 Å². The first-order valence-electron chi connectivity index (χ1n) is 47.9. The standard InChI is InChI=1S/C22H23NO2S.2C20H20N2O2S.C19H16ClNO2S.C19H18N2O3S.C19H18N2O2S/c1-17(2)18-10-12-20(13-11-18)25-16-22(24)23(15-21-9-6-14-26-21)19-7-4-3-5-8-19;1-15-8-9-17(12-16(15)2)24-14-20(23)22(13-18-6-5-11-25-18)19-7-3-4-10-21-19;1-2-16-8-10-17(11-9-16)24-15-20(23)22(14-18-6-5-13-25-18)19-7-3-4-12-21-19;20-17-10-4-5-11-18(17)23-14-19(22)21(13-16-9-6-12-24-16)15-7-2-1-3-8-15;1-23-16-6-2-7-17(11-16)24-14-19(22)21(13-18-8-4-10-25-18)15-5-3-9-20-12-15;1-15-5-2-7-17(11-15)23-14-19(22)21(13-18-8-4-10-24-18)16-6-3-9-20-12-16/h3-14,17H,15-16H2,1-2H3;3-12H,13-14H2,1-2H3;3-13H,2,14-15H2,1H3;1-12H,13-14H2;2-12H,13-14H2,1H3;2-12H,13-14H2,1H3. The summed E-state index contributed by atoms with van der Waals surface area (Å²) < 4.78 is 39.2. The molecule has 0 atom stereocenters. The van der Waals surface area contributed by atoms with Gasteiger partial charge in [-0.2, -0.15) is 0 Å². The van der Waals surface area contributed by atoms with Gasteiger partial charge in [0, 0.05) is 71.5 Å². The first kappa shape index (κ1) is 110. The fourth-order valence-electron chi connectivity index (χ4n) is 14.4. The van der Waals surface area contributed by atoms with Crippen LogP contribution in [0, 0.1) is 20.8 Å². The predicted molar refractivity (Wildman–Crippen MR) is 604 cm³/mol. The van der Waals surface area contributed by atoms with E-state index in [1.54, 1.807) is 166 Å². The van der Waals surface area contributed by atoms with Gasteiger partial charge < -0.3 is 52.8 Å². The normalized spacial score (nSPS) is 10.4. The number of amides is 6. The lowest BCUT2D eigenvalue weighted by molar-refractivity contribution is -0.121. The van der Waals surface area contributed by atoms with E-state index in [1.807, 2.05) is 362 Å². The minimum absolute atomic E-state index is 0.0102. The molecule has 762 valence electrons. The van der Waals surface area contributed by atoms with Crippen molar-refractivity contribution in [1.29, 1.82) is 0 Å². The Labute approximate surface area is 899 Å². The Morgan fingerprint density at radius 3 is 1.01 bits per heavy atom. The van der Waals surface area contributed by atoms with E-state index in [9.17, 15) is 28.8 Å². The van der Waals surface area contributed by atoms with E-state index in [2.05, 4.69) is 40.7 Å². The second-order valence-corrected chi connectivity index (χ2v) is 40.1. The Bertz CT molecular complexity index is 6990. The molecule has 0 fully saturated rings. The molecule has 18 rings (SSSR count). The molecule has 0 aliphatic rings. The molecule has 0 unspecified atom stereocenters. The van der Waals surface area contributed by atoms with Gasteiger partial charge in [-0.25, -0.2) is 9.97 Å². The van der Waals surface area contributed by atoms with Gasteiger partial charge in [-0.3, -0.25) is 48.5 Å². The third kappa shape index (κ3) is 36.4. The number of hydrogen-bond acceptors (Lipinski definition) is 23. The number of aromatic nitrogens is 4. The van der Waals surface area contributed by atoms with Crippen molar-refractivity contribution in [3.8, 4) is 40.2 Å². The number of ether oxygens (including phenoxy) is 7. The maximum Gasteiger partial charge on any atom is 0.266 e. The summed E-state index contributed by atoms with van der Waals surface area (Å²) in [6, 6.07) is 105. The van der Waals surface area contributed by atoms with E-state index in [4.69, 9.17) is 44.8 Å². The molecular formula is C119H115ClN10O13S6. The van der Waals surface area contributed by atoms with Gasteiger partial charge >= 0.3 is 0 Å². The van der Waals surface area contributed by atoms with Gasteiger partial charge in [-0.1, -0.05) is 178 Å². The quantitative estimate of drug-likeness (QED) is 0.0348. The lowest BCUT2D eigenvalue weighted by atomic mass is 10.0. The summed E-state index contributed by atoms with van der Waals surface area (Å²) in [5, 5.41) is 12.5. The number of methoxy groups -OCH3 is 1. The molecule has 10 heterocycles. The number of rotatable bonds is 39. The zero-order chi connectivity index (χ0) is 105. The van der Waals surface area contributed by atoms with Crippen molar-refractivity contribution in [2.75, 3.05) is 76.2 Å². The molecule has 0 N–H and O–H groups in total. The number of hydrogen-bond donors (Lipinski definition) is 0. The zero-order valence-electron chi connectivity index (χ0n) is 83.6. The number of aryl methyl sites for hydroxylation is 4. The van der Waals surface area contributed by atoms with Crippen LogP contribution in [-0.4, -0.2) is 102 Å². The third-order valence-corrected chi connectivity index (χ3v) is 27.9. The zero-order valence-corrected chi connectivity index (χ0v) is 89.2. The molecule has 30 heteroatoms. The summed E-state index contributed by atoms with van der Waals surface area (Å²) in [4.78, 5) is 110. The molecule has 0 bridgehead atoms. The first-order chi connectivity index (χ1) is 72.7. The van der Waals surface area contributed by atoms with Crippen LogP contribution in [0.4, 0.5) is 34.4 Å². The summed E-state index contributed by atoms with van der Waals surface area (Å²) in [6.07, 6.45) is 11.1. The summed E-state index contributed by atoms with van der Waals surface area (Å²) in [7, 11) is 1.59. The van der Waals surface area contributed by atoms with Gasteiger partial charge in [0.1, 0.15) is 51.9 Å². The number of pyridine rings is 4. The van der Waals surface area contributed by atoms with E-state index in [0.29, 0.717) is 102 Å². The SMILES string of the molecule is CC(C)c1ccc(OCC(=O)N(Cc2cccs2)c2ccccc2)cc1.CCc1ccc(OCC(=O)N(Cc2cccs2)c2ccccn2)cc1.COc1cccc(OCC(=O)N(Cc2cccs2)c2cccnc2)c1.Cc1ccc(OCC(=O)N(Cc2cccs2)c2ccccn2)cc1C.Cc1cccc(OCC(=O)N(Cc2cccs2)c2cccnc2)c1.O=C(COc1ccccc1Cl)N(Cc1cccs1)c1ccccc1. The minimum Gasteiger partial charge on any atom is -0.497 e. The van der Waals surface area contributed by atoms with Crippen LogP contribution in [0.1, 0.15) is 83.8 Å². The highest BCUT2D eigenvalue weighted by molar-refractivity contribution is 7.11. The largest absolute Gasteiger partial charge is 0.497 e. The van der Waals surface area contributed by atoms with Crippen molar-refractivity contribution in [2.45, 2.75) is 93.1 Å². The average molecular weight is 2120 g/mol. The molecule has 0 radical (unpaired) electrons. The lowest BCUT2D eigenvalue weighted by Crippen LogP contribution is -2.34. The summed E-state index contributed by atoms with van der Waals surface area (Å²) in [6.45, 7) is 15.4. The number of benzene rings is 8. The van der Waals surface area contributed by atoms with E-state index < -0.39 is 0 Å². The number of nitrogens with zero attached hydrogens (tertiary/aromatic N) is 10. The molecule has 8 aromatic carbocycles. The van der Waals surface area contributed by atoms with Gasteiger partial charge in [0.15, 0.2) is 39.6 Å². The van der Waals surface area contributed by atoms with Gasteiger partial charge in [0.2, 0.25) is 0 Å². The van der Waals surface area contributed by atoms with Gasteiger partial charge in [0.05, 0.1) is 75.2 Å². The van der Waals surface area contributed by atoms with Crippen molar-refractivity contribution in [1.82, 2.24) is 19.9 Å². The first-order valence-corrected chi connectivity index (χ1v) is 53.6. The second kappa shape index (κ2) is 59.8. The van der Waals surface area contributed by atoms with Crippen LogP contribution in [0.25, 0.3) is 0 Å². The van der Waals surface area contributed by atoms with Crippen LogP contribution >= 0.6 is 79.6 Å². The molecule has 0 spiro atoms. The van der Waals surface area contributed by atoms with Crippen molar-refractivity contribution < 1.29 is 61.9 Å². The fraction of sp³-hybridized carbons (Fsp3) is 0.176. The van der Waals surface area contributed by atoms with E-state index in [1.165, 1.54) is 16.7 Å². The van der Waals surface area contributed by atoms with Gasteiger partial charge in [-0.05, 0) is 275 Å². The van der Waals surface area contributed by atoms with Gasteiger partial charge in [0.25, 0.3) is 35.4 Å². The van der Waals surface area contributed by atoms with E-state index >= 15 is 0 Å². The molecule has 18 aromatic rings. The predicted octanol–water partition coefficient (Wildman–Crippen LogP) is 27.0. The van der Waals surface area contributed by atoms with Gasteiger partial charge in [-0.15, -0.1) is 68.0 Å². The molecule has 0 aliphatic carbocycles. The van der Waals surface area contributed by atoms with Crippen LogP contribution in [-0.2, 0) is 74.5 Å². The summed E-state index contributed by atoms with van der Waals surface area (Å²) in [5.74, 6) is 5.69. The fourth-order valence-corrected chi connectivity index (χ4v) is 18.7. The number of carbonyl (C=O) groups excluding carboxylic acids is 6. The highest BCUT2D eigenvalue weighted by Crippen LogP contribution is 2.31. The molecule has 0 saturated carbocycles. The molecular weight excluding hydrogens is 2010 g/mol. The topological polar surface area (TPSA) is 238 Å². The third-order valence-electron chi connectivity index (χ3n) is 22.5. The van der Waals surface area contributed by atoms with Crippen LogP contribution < -0.4 is 62.6 Å². The number of anilines is 6. The van der Waals surface area contributed by atoms with Crippen molar-refractivity contribution in [3.05, 3.63) is 465 Å². The van der Waals surface area contributed by atoms with E-state index in [0.717, 1.165) is 69.6 Å². The minimum atomic E-state index is -0.135. The Balaban J connectivity index is 0.000000149.